The number of nitrogen functional groups attached to an aromatic ring is 1. The van der Waals surface area contributed by atoms with E-state index in [0.29, 0.717) is 33.5 Å². The molecule has 166 valence electrons. The lowest BCUT2D eigenvalue weighted by atomic mass is 10.0. The topological polar surface area (TPSA) is 87.3 Å². The van der Waals surface area contributed by atoms with Crippen LogP contribution in [-0.4, -0.2) is 41.8 Å². The molecule has 31 heavy (non-hydrogen) atoms. The largest absolute Gasteiger partial charge is 0.482 e. The van der Waals surface area contributed by atoms with Crippen LogP contribution in [0.15, 0.2) is 36.7 Å². The fraction of sp³-hybridized carbons (Fsp3) is 0.391. The van der Waals surface area contributed by atoms with Gasteiger partial charge in [0.25, 0.3) is 0 Å². The Balaban J connectivity index is 1.74. The van der Waals surface area contributed by atoms with E-state index in [1.165, 1.54) is 24.4 Å². The number of hydrogen-bond donors (Lipinski definition) is 3. The summed E-state index contributed by atoms with van der Waals surface area (Å²) in [5.41, 5.74) is 7.90. The van der Waals surface area contributed by atoms with Gasteiger partial charge in [0.05, 0.1) is 0 Å². The summed E-state index contributed by atoms with van der Waals surface area (Å²) in [6, 6.07) is 6.26. The minimum absolute atomic E-state index is 0.215. The average Bonchev–Trinajstić information content (AvgIpc) is 2.78. The SMILES string of the molecule is CCN1CCC(N/C=C(\C=N)c2cnc(N)c(OC(C)c3cc(F)ccc3Cl)c2)CC1. The third-order valence-electron chi connectivity index (χ3n) is 5.58. The van der Waals surface area contributed by atoms with Crippen molar-refractivity contribution in [1.82, 2.24) is 15.2 Å². The lowest BCUT2D eigenvalue weighted by Gasteiger charge is -2.31. The number of aromatic nitrogens is 1. The Morgan fingerprint density at radius 3 is 2.84 bits per heavy atom. The maximum atomic E-state index is 13.6. The van der Waals surface area contributed by atoms with Gasteiger partial charge in [-0.2, -0.15) is 0 Å². The van der Waals surface area contributed by atoms with E-state index >= 15 is 0 Å². The van der Waals surface area contributed by atoms with Crippen LogP contribution in [0.25, 0.3) is 5.57 Å². The molecule has 0 aliphatic carbocycles. The minimum Gasteiger partial charge on any atom is -0.482 e. The van der Waals surface area contributed by atoms with Crippen molar-refractivity contribution >= 4 is 29.2 Å². The van der Waals surface area contributed by atoms with Crippen LogP contribution in [0.4, 0.5) is 10.2 Å². The standard InChI is InChI=1S/C23H29ClFN5O/c1-3-30-8-6-19(7-9-30)28-14-17(12-26)16-10-22(23(27)29-13-16)31-15(2)20-11-18(25)4-5-21(20)24/h4-5,10-15,19,26,28H,3,6-9H2,1-2H3,(H2,27,29)/b17-14+,26-12?. The summed E-state index contributed by atoms with van der Waals surface area (Å²) in [6.07, 6.45) is 6.34. The maximum absolute atomic E-state index is 13.6. The third-order valence-corrected chi connectivity index (χ3v) is 5.92. The van der Waals surface area contributed by atoms with Gasteiger partial charge in [0.2, 0.25) is 0 Å². The second-order valence-corrected chi connectivity index (χ2v) is 8.06. The molecule has 4 N–H and O–H groups in total. The molecule has 1 aliphatic rings. The Kier molecular flexibility index (Phi) is 7.87. The molecule has 1 unspecified atom stereocenters. The number of hydrogen-bond acceptors (Lipinski definition) is 6. The van der Waals surface area contributed by atoms with Gasteiger partial charge < -0.3 is 26.1 Å². The van der Waals surface area contributed by atoms with Crippen LogP contribution in [0.1, 0.15) is 43.9 Å². The van der Waals surface area contributed by atoms with E-state index in [0.717, 1.165) is 32.5 Å². The number of halogens is 2. The Morgan fingerprint density at radius 2 is 2.16 bits per heavy atom. The van der Waals surface area contributed by atoms with Crippen LogP contribution in [-0.2, 0) is 0 Å². The van der Waals surface area contributed by atoms with Crippen molar-refractivity contribution in [3.8, 4) is 5.75 Å². The molecule has 2 heterocycles. The highest BCUT2D eigenvalue weighted by Crippen LogP contribution is 2.31. The fourth-order valence-electron chi connectivity index (χ4n) is 3.62. The van der Waals surface area contributed by atoms with Gasteiger partial charge in [0.15, 0.2) is 11.6 Å². The fourth-order valence-corrected chi connectivity index (χ4v) is 3.89. The van der Waals surface area contributed by atoms with Crippen LogP contribution < -0.4 is 15.8 Å². The van der Waals surface area contributed by atoms with Gasteiger partial charge in [-0.05, 0) is 50.6 Å². The first-order valence-electron chi connectivity index (χ1n) is 10.5. The molecule has 1 aliphatic heterocycles. The van der Waals surface area contributed by atoms with E-state index in [-0.39, 0.29) is 11.6 Å². The average molecular weight is 446 g/mol. The highest BCUT2D eigenvalue weighted by molar-refractivity contribution is 6.31. The quantitative estimate of drug-likeness (QED) is 0.514. The van der Waals surface area contributed by atoms with E-state index in [1.807, 2.05) is 6.20 Å². The number of likely N-dealkylation sites (tertiary alicyclic amines) is 1. The Morgan fingerprint density at radius 1 is 1.42 bits per heavy atom. The number of nitrogens with one attached hydrogen (secondary N) is 2. The van der Waals surface area contributed by atoms with Gasteiger partial charge in [0.1, 0.15) is 11.9 Å². The Hall–Kier alpha value is -2.64. The first kappa shape index (κ1) is 23.0. The highest BCUT2D eigenvalue weighted by atomic mass is 35.5. The number of benzene rings is 1. The van der Waals surface area contributed by atoms with E-state index in [2.05, 4.69) is 22.1 Å². The first-order chi connectivity index (χ1) is 14.9. The van der Waals surface area contributed by atoms with E-state index in [4.69, 9.17) is 27.5 Å². The number of nitrogens with zero attached hydrogens (tertiary/aromatic N) is 2. The Labute approximate surface area is 187 Å². The number of pyridine rings is 1. The van der Waals surface area contributed by atoms with E-state index in [1.54, 1.807) is 19.2 Å². The number of nitrogens with two attached hydrogens (primary N) is 1. The first-order valence-corrected chi connectivity index (χ1v) is 10.9. The van der Waals surface area contributed by atoms with Crippen LogP contribution >= 0.6 is 11.6 Å². The van der Waals surface area contributed by atoms with Gasteiger partial charge in [-0.25, -0.2) is 9.37 Å². The summed E-state index contributed by atoms with van der Waals surface area (Å²) in [5.74, 6) is 0.182. The third kappa shape index (κ3) is 5.95. The maximum Gasteiger partial charge on any atom is 0.166 e. The second kappa shape index (κ2) is 10.6. The molecule has 3 rings (SSSR count). The molecule has 0 radical (unpaired) electrons. The monoisotopic (exact) mass is 445 g/mol. The molecule has 0 saturated carbocycles. The van der Waals surface area contributed by atoms with Crippen LogP contribution in [0.2, 0.25) is 5.02 Å². The summed E-state index contributed by atoms with van der Waals surface area (Å²) in [7, 11) is 0. The van der Waals surface area contributed by atoms with E-state index < -0.39 is 6.10 Å². The summed E-state index contributed by atoms with van der Waals surface area (Å²) in [6.45, 7) is 7.17. The number of ether oxygens (including phenoxy) is 1. The molecule has 2 aromatic rings. The summed E-state index contributed by atoms with van der Waals surface area (Å²) >= 11 is 6.19. The van der Waals surface area contributed by atoms with Gasteiger partial charge in [-0.15, -0.1) is 0 Å². The predicted molar refractivity (Wildman–Crippen MR) is 124 cm³/mol. The van der Waals surface area contributed by atoms with Crippen molar-refractivity contribution in [1.29, 1.82) is 5.41 Å². The van der Waals surface area contributed by atoms with Crippen molar-refractivity contribution in [3.05, 3.63) is 58.6 Å². The van der Waals surface area contributed by atoms with Crippen molar-refractivity contribution in [2.24, 2.45) is 0 Å². The molecule has 0 amide bonds. The van der Waals surface area contributed by atoms with Crippen molar-refractivity contribution < 1.29 is 9.13 Å². The van der Waals surface area contributed by atoms with Crippen molar-refractivity contribution in [3.63, 3.8) is 0 Å². The second-order valence-electron chi connectivity index (χ2n) is 7.65. The Bertz CT molecular complexity index is 944. The minimum atomic E-state index is -0.531. The molecule has 8 heteroatoms. The summed E-state index contributed by atoms with van der Waals surface area (Å²) in [5, 5.41) is 11.7. The van der Waals surface area contributed by atoms with Gasteiger partial charge in [-0.1, -0.05) is 18.5 Å². The normalized spacial score (nSPS) is 16.7. The summed E-state index contributed by atoms with van der Waals surface area (Å²) < 4.78 is 19.6. The van der Waals surface area contributed by atoms with Crippen LogP contribution in [0.5, 0.6) is 5.75 Å². The van der Waals surface area contributed by atoms with Crippen molar-refractivity contribution in [2.75, 3.05) is 25.4 Å². The highest BCUT2D eigenvalue weighted by Gasteiger charge is 2.18. The molecule has 1 saturated heterocycles. The lowest BCUT2D eigenvalue weighted by Crippen LogP contribution is -2.40. The zero-order valence-corrected chi connectivity index (χ0v) is 18.6. The molecule has 6 nitrogen and oxygen atoms in total. The zero-order valence-electron chi connectivity index (χ0n) is 17.9. The molecule has 1 fully saturated rings. The smallest absolute Gasteiger partial charge is 0.166 e. The number of anilines is 1. The molecule has 1 aromatic carbocycles. The number of piperidine rings is 1. The van der Waals surface area contributed by atoms with E-state index in [9.17, 15) is 4.39 Å². The molecule has 1 atom stereocenters. The molecular weight excluding hydrogens is 417 g/mol. The zero-order chi connectivity index (χ0) is 22.4. The predicted octanol–water partition coefficient (Wildman–Crippen LogP) is 4.66. The van der Waals surface area contributed by atoms with Crippen molar-refractivity contribution in [2.45, 2.75) is 38.8 Å². The van der Waals surface area contributed by atoms with Crippen LogP contribution in [0.3, 0.4) is 0 Å². The molecule has 0 bridgehead atoms. The van der Waals surface area contributed by atoms with Gasteiger partial charge >= 0.3 is 0 Å². The molecular formula is C23H29ClFN5O. The van der Waals surface area contributed by atoms with Crippen LogP contribution in [0, 0.1) is 11.2 Å². The number of rotatable bonds is 8. The summed E-state index contributed by atoms with van der Waals surface area (Å²) in [4.78, 5) is 6.65. The lowest BCUT2D eigenvalue weighted by molar-refractivity contribution is 0.213. The number of allylic oxidation sites excluding steroid dienone is 1. The van der Waals surface area contributed by atoms with Gasteiger partial charge in [-0.3, -0.25) is 0 Å². The molecule has 1 aromatic heterocycles. The molecule has 0 spiro atoms. The van der Waals surface area contributed by atoms with Gasteiger partial charge in [0, 0.05) is 59.5 Å².